The minimum Gasteiger partial charge on any atom is -0.497 e. The first-order valence-electron chi connectivity index (χ1n) is 7.82. The molecule has 1 fully saturated rings. The smallest absolute Gasteiger partial charge is 0.224 e. The van der Waals surface area contributed by atoms with Crippen LogP contribution in [0.25, 0.3) is 0 Å². The quantitative estimate of drug-likeness (QED) is 0.883. The normalized spacial score (nSPS) is 17.3. The molecule has 0 spiro atoms. The Morgan fingerprint density at radius 2 is 2.43 bits per heavy atom. The molecular weight excluding hydrogens is 310 g/mol. The summed E-state index contributed by atoms with van der Waals surface area (Å²) in [5.41, 5.74) is 0.963. The summed E-state index contributed by atoms with van der Waals surface area (Å²) in [6.45, 7) is 1.69. The fourth-order valence-corrected chi connectivity index (χ4v) is 3.66. The minimum absolute atomic E-state index is 0.0456. The average molecular weight is 331 g/mol. The van der Waals surface area contributed by atoms with Gasteiger partial charge in [-0.3, -0.25) is 4.79 Å². The molecule has 1 aromatic heterocycles. The number of thiazole rings is 1. The first kappa shape index (κ1) is 15.8. The summed E-state index contributed by atoms with van der Waals surface area (Å²) in [5.74, 6) is 0.824. The van der Waals surface area contributed by atoms with Gasteiger partial charge in [-0.1, -0.05) is 12.1 Å². The van der Waals surface area contributed by atoms with Crippen LogP contribution < -0.4 is 15.0 Å². The third kappa shape index (κ3) is 4.01. The van der Waals surface area contributed by atoms with E-state index in [1.54, 1.807) is 18.4 Å². The Balaban J connectivity index is 1.52. The van der Waals surface area contributed by atoms with Crippen LogP contribution in [0.1, 0.15) is 18.4 Å². The van der Waals surface area contributed by atoms with Crippen molar-refractivity contribution in [1.29, 1.82) is 0 Å². The molecule has 0 saturated carbocycles. The van der Waals surface area contributed by atoms with Crippen LogP contribution >= 0.6 is 11.3 Å². The van der Waals surface area contributed by atoms with Gasteiger partial charge in [-0.15, -0.1) is 11.3 Å². The SMILES string of the molecule is COc1cccc(CC(=O)NCC2CCCN2c2nccs2)c1. The highest BCUT2D eigenvalue weighted by Gasteiger charge is 2.26. The molecule has 122 valence electrons. The summed E-state index contributed by atoms with van der Waals surface area (Å²) in [6, 6.07) is 7.97. The number of rotatable bonds is 6. The molecule has 1 aliphatic heterocycles. The first-order chi connectivity index (χ1) is 11.3. The number of amides is 1. The fraction of sp³-hybridized carbons (Fsp3) is 0.412. The second-order valence-electron chi connectivity index (χ2n) is 5.64. The zero-order valence-corrected chi connectivity index (χ0v) is 14.0. The number of ether oxygens (including phenoxy) is 1. The molecule has 3 rings (SSSR count). The number of methoxy groups -OCH3 is 1. The van der Waals surface area contributed by atoms with E-state index >= 15 is 0 Å². The molecule has 0 aliphatic carbocycles. The van der Waals surface area contributed by atoms with E-state index in [0.29, 0.717) is 19.0 Å². The molecule has 23 heavy (non-hydrogen) atoms. The lowest BCUT2D eigenvalue weighted by atomic mass is 10.1. The number of benzene rings is 1. The summed E-state index contributed by atoms with van der Waals surface area (Å²) in [5, 5.41) is 6.10. The second kappa shape index (κ2) is 7.46. The van der Waals surface area contributed by atoms with Crippen LogP contribution in [0.15, 0.2) is 35.8 Å². The number of carbonyl (C=O) groups is 1. The molecule has 1 amide bonds. The summed E-state index contributed by atoms with van der Waals surface area (Å²) in [6.07, 6.45) is 4.45. The predicted octanol–water partition coefficient (Wildman–Crippen LogP) is 2.48. The molecule has 1 atom stereocenters. The highest BCUT2D eigenvalue weighted by Crippen LogP contribution is 2.26. The minimum atomic E-state index is 0.0456. The van der Waals surface area contributed by atoms with Gasteiger partial charge in [0.2, 0.25) is 5.91 Å². The lowest BCUT2D eigenvalue weighted by Gasteiger charge is -2.24. The lowest BCUT2D eigenvalue weighted by molar-refractivity contribution is -0.120. The predicted molar refractivity (Wildman–Crippen MR) is 92.2 cm³/mol. The highest BCUT2D eigenvalue weighted by molar-refractivity contribution is 7.13. The van der Waals surface area contributed by atoms with Crippen LogP contribution in [0.4, 0.5) is 5.13 Å². The van der Waals surface area contributed by atoms with E-state index in [-0.39, 0.29) is 5.91 Å². The van der Waals surface area contributed by atoms with Gasteiger partial charge < -0.3 is 15.0 Å². The third-order valence-electron chi connectivity index (χ3n) is 4.08. The Hall–Kier alpha value is -2.08. The van der Waals surface area contributed by atoms with Gasteiger partial charge in [0, 0.05) is 30.7 Å². The standard InChI is InChI=1S/C17H21N3O2S/c1-22-15-6-2-4-13(10-15)11-16(21)19-12-14-5-3-8-20(14)17-18-7-9-23-17/h2,4,6-7,9-10,14H,3,5,8,11-12H2,1H3,(H,19,21). The van der Waals surface area contributed by atoms with E-state index in [0.717, 1.165) is 35.8 Å². The van der Waals surface area contributed by atoms with Crippen molar-refractivity contribution in [1.82, 2.24) is 10.3 Å². The maximum Gasteiger partial charge on any atom is 0.224 e. The van der Waals surface area contributed by atoms with E-state index in [9.17, 15) is 4.79 Å². The molecule has 0 radical (unpaired) electrons. The molecule has 2 aromatic rings. The van der Waals surface area contributed by atoms with Crippen molar-refractivity contribution in [2.75, 3.05) is 25.1 Å². The van der Waals surface area contributed by atoms with E-state index in [2.05, 4.69) is 15.2 Å². The van der Waals surface area contributed by atoms with E-state index in [1.165, 1.54) is 0 Å². The summed E-state index contributed by atoms with van der Waals surface area (Å²) < 4.78 is 5.19. The topological polar surface area (TPSA) is 54.5 Å². The molecule has 1 N–H and O–H groups in total. The van der Waals surface area contributed by atoms with Crippen LogP contribution in [0, 0.1) is 0 Å². The fourth-order valence-electron chi connectivity index (χ4n) is 2.92. The molecule has 1 aliphatic rings. The number of hydrogen-bond donors (Lipinski definition) is 1. The molecule has 1 aromatic carbocycles. The van der Waals surface area contributed by atoms with Gasteiger partial charge in [-0.05, 0) is 30.5 Å². The van der Waals surface area contributed by atoms with Crippen molar-refractivity contribution in [3.05, 3.63) is 41.4 Å². The van der Waals surface area contributed by atoms with Crippen LogP contribution in [-0.2, 0) is 11.2 Å². The van der Waals surface area contributed by atoms with Crippen molar-refractivity contribution in [2.24, 2.45) is 0 Å². The number of hydrogen-bond acceptors (Lipinski definition) is 5. The van der Waals surface area contributed by atoms with Gasteiger partial charge in [-0.25, -0.2) is 4.98 Å². The number of carbonyl (C=O) groups excluding carboxylic acids is 1. The van der Waals surface area contributed by atoms with Crippen LogP contribution in [-0.4, -0.2) is 37.1 Å². The van der Waals surface area contributed by atoms with Gasteiger partial charge >= 0.3 is 0 Å². The van der Waals surface area contributed by atoms with Gasteiger partial charge in [0.05, 0.1) is 13.5 Å². The van der Waals surface area contributed by atoms with Crippen LogP contribution in [0.2, 0.25) is 0 Å². The number of nitrogens with one attached hydrogen (secondary N) is 1. The number of aromatic nitrogens is 1. The third-order valence-corrected chi connectivity index (χ3v) is 4.88. The van der Waals surface area contributed by atoms with Gasteiger partial charge in [-0.2, -0.15) is 0 Å². The van der Waals surface area contributed by atoms with Gasteiger partial charge in [0.15, 0.2) is 5.13 Å². The van der Waals surface area contributed by atoms with Crippen molar-refractivity contribution < 1.29 is 9.53 Å². The zero-order chi connectivity index (χ0) is 16.1. The van der Waals surface area contributed by atoms with E-state index in [4.69, 9.17) is 4.74 Å². The van der Waals surface area contributed by atoms with E-state index < -0.39 is 0 Å². The van der Waals surface area contributed by atoms with Crippen LogP contribution in [0.3, 0.4) is 0 Å². The van der Waals surface area contributed by atoms with Crippen molar-refractivity contribution >= 4 is 22.4 Å². The molecule has 2 heterocycles. The Morgan fingerprint density at radius 1 is 1.52 bits per heavy atom. The largest absolute Gasteiger partial charge is 0.497 e. The summed E-state index contributed by atoms with van der Waals surface area (Å²) in [7, 11) is 1.63. The summed E-state index contributed by atoms with van der Waals surface area (Å²) in [4.78, 5) is 18.9. The van der Waals surface area contributed by atoms with Gasteiger partial charge in [0.1, 0.15) is 5.75 Å². The monoisotopic (exact) mass is 331 g/mol. The van der Waals surface area contributed by atoms with Crippen molar-refractivity contribution in [3.63, 3.8) is 0 Å². The van der Waals surface area contributed by atoms with E-state index in [1.807, 2.05) is 35.8 Å². The first-order valence-corrected chi connectivity index (χ1v) is 8.70. The summed E-state index contributed by atoms with van der Waals surface area (Å²) >= 11 is 1.65. The molecular formula is C17H21N3O2S. The molecule has 5 nitrogen and oxygen atoms in total. The van der Waals surface area contributed by atoms with Gasteiger partial charge in [0.25, 0.3) is 0 Å². The zero-order valence-electron chi connectivity index (χ0n) is 13.2. The highest BCUT2D eigenvalue weighted by atomic mass is 32.1. The second-order valence-corrected chi connectivity index (χ2v) is 6.51. The number of nitrogens with zero attached hydrogens (tertiary/aromatic N) is 2. The Labute approximate surface area is 140 Å². The molecule has 1 saturated heterocycles. The van der Waals surface area contributed by atoms with Crippen molar-refractivity contribution in [3.8, 4) is 5.75 Å². The molecule has 0 bridgehead atoms. The lowest BCUT2D eigenvalue weighted by Crippen LogP contribution is -2.40. The molecule has 6 heteroatoms. The Bertz CT molecular complexity index is 645. The maximum atomic E-state index is 12.2. The van der Waals surface area contributed by atoms with Crippen molar-refractivity contribution in [2.45, 2.75) is 25.3 Å². The maximum absolute atomic E-state index is 12.2. The molecule has 1 unspecified atom stereocenters. The Morgan fingerprint density at radius 3 is 3.22 bits per heavy atom. The van der Waals surface area contributed by atoms with Crippen LogP contribution in [0.5, 0.6) is 5.75 Å². The Kier molecular flexibility index (Phi) is 5.12. The number of anilines is 1. The average Bonchev–Trinajstić information content (AvgIpc) is 3.24.